The Morgan fingerprint density at radius 3 is 2.49 bits per heavy atom. The largest absolute Gasteiger partial charge is 0.484 e. The SMILES string of the molecule is [B]c1cc(OCC(=O)NC2=C3CC(NC(=O)COc4cnc(C)c(C)c4)(C3)C(OI)C2)ccc1C. The predicted octanol–water partition coefficient (Wildman–Crippen LogP) is 2.42. The average Bonchev–Trinajstić information content (AvgIpc) is 2.80. The molecule has 0 saturated heterocycles. The molecular formula is C25H27BIN3O5. The first-order valence-electron chi connectivity index (χ1n) is 11.3. The van der Waals surface area contributed by atoms with Crippen molar-refractivity contribution < 1.29 is 22.1 Å². The second-order valence-electron chi connectivity index (χ2n) is 9.14. The van der Waals surface area contributed by atoms with E-state index in [4.69, 9.17) is 20.4 Å². The van der Waals surface area contributed by atoms with Crippen LogP contribution < -0.4 is 25.6 Å². The Bertz CT molecular complexity index is 1180. The minimum absolute atomic E-state index is 0.108. The van der Waals surface area contributed by atoms with Crippen molar-refractivity contribution in [3.8, 4) is 11.5 Å². The Morgan fingerprint density at radius 2 is 1.80 bits per heavy atom. The maximum Gasteiger partial charge on any atom is 0.262 e. The van der Waals surface area contributed by atoms with Gasteiger partial charge in [0.25, 0.3) is 11.8 Å². The van der Waals surface area contributed by atoms with Crippen molar-refractivity contribution in [3.05, 3.63) is 58.6 Å². The van der Waals surface area contributed by atoms with Gasteiger partial charge in [0.1, 0.15) is 42.4 Å². The quantitative estimate of drug-likeness (QED) is 0.346. The van der Waals surface area contributed by atoms with Crippen LogP contribution in [0.5, 0.6) is 11.5 Å². The van der Waals surface area contributed by atoms with Crippen molar-refractivity contribution >= 4 is 48.1 Å². The first-order chi connectivity index (χ1) is 16.7. The summed E-state index contributed by atoms with van der Waals surface area (Å²) in [4.78, 5) is 29.4. The van der Waals surface area contributed by atoms with Gasteiger partial charge in [0.05, 0.1) is 17.8 Å². The summed E-state index contributed by atoms with van der Waals surface area (Å²) in [6.07, 6.45) is 3.05. The van der Waals surface area contributed by atoms with Crippen LogP contribution in [0, 0.1) is 20.8 Å². The second kappa shape index (κ2) is 10.6. The van der Waals surface area contributed by atoms with Crippen molar-refractivity contribution in [2.75, 3.05) is 13.2 Å². The lowest BCUT2D eigenvalue weighted by molar-refractivity contribution is -0.128. The van der Waals surface area contributed by atoms with Crippen molar-refractivity contribution in [2.45, 2.75) is 51.7 Å². The fraction of sp³-hybridized carbons (Fsp3) is 0.400. The number of aromatic nitrogens is 1. The summed E-state index contributed by atoms with van der Waals surface area (Å²) in [6.45, 7) is 5.54. The summed E-state index contributed by atoms with van der Waals surface area (Å²) in [7, 11) is 5.89. The standard InChI is InChI=1S/C25H27BIN3O5/c1-14-4-5-18(7-20(14)26)33-12-23(31)29-21-8-22(35-27)25(9-17(21)10-25)30-24(32)13-34-19-6-15(2)16(3)28-11-19/h4-7,11,22H,8-10,12-13H2,1-3H3,(H,29,31)(H,30,32). The zero-order valence-corrected chi connectivity index (χ0v) is 22.1. The first kappa shape index (κ1) is 25.5. The Labute approximate surface area is 220 Å². The van der Waals surface area contributed by atoms with E-state index >= 15 is 0 Å². The molecule has 0 aliphatic heterocycles. The van der Waals surface area contributed by atoms with Gasteiger partial charge in [0.15, 0.2) is 13.2 Å². The van der Waals surface area contributed by atoms with Gasteiger partial charge in [-0.1, -0.05) is 17.1 Å². The van der Waals surface area contributed by atoms with E-state index in [1.54, 1.807) is 18.3 Å². The van der Waals surface area contributed by atoms with Gasteiger partial charge >= 0.3 is 0 Å². The number of amides is 2. The van der Waals surface area contributed by atoms with Crippen LogP contribution in [0.25, 0.3) is 0 Å². The molecule has 0 spiro atoms. The number of aryl methyl sites for hydroxylation is 3. The van der Waals surface area contributed by atoms with Gasteiger partial charge in [-0.25, -0.2) is 0 Å². The van der Waals surface area contributed by atoms with Crippen LogP contribution in [0.3, 0.4) is 0 Å². The van der Waals surface area contributed by atoms with Gasteiger partial charge in [-0.15, -0.1) is 0 Å². The molecule has 182 valence electrons. The third kappa shape index (κ3) is 5.80. The maximum absolute atomic E-state index is 12.6. The summed E-state index contributed by atoms with van der Waals surface area (Å²) in [5, 5.41) is 6.04. The zero-order chi connectivity index (χ0) is 25.2. The molecule has 35 heavy (non-hydrogen) atoms. The molecule has 2 N–H and O–H groups in total. The van der Waals surface area contributed by atoms with Gasteiger partial charge in [-0.05, 0) is 62.9 Å². The predicted molar refractivity (Wildman–Crippen MR) is 140 cm³/mol. The van der Waals surface area contributed by atoms with Gasteiger partial charge in [-0.2, -0.15) is 0 Å². The lowest BCUT2D eigenvalue weighted by Crippen LogP contribution is -2.66. The molecule has 2 amide bonds. The van der Waals surface area contributed by atoms with Gasteiger partial charge in [-0.3, -0.25) is 14.6 Å². The number of ether oxygens (including phenoxy) is 2. The van der Waals surface area contributed by atoms with E-state index in [1.165, 1.54) is 0 Å². The third-order valence-corrected chi connectivity index (χ3v) is 7.20. The molecule has 2 bridgehead atoms. The number of rotatable bonds is 9. The highest BCUT2D eigenvalue weighted by Gasteiger charge is 2.54. The van der Waals surface area contributed by atoms with Crippen molar-refractivity contribution in [1.29, 1.82) is 0 Å². The molecule has 1 fully saturated rings. The fourth-order valence-electron chi connectivity index (χ4n) is 4.32. The summed E-state index contributed by atoms with van der Waals surface area (Å²) in [5.74, 6) is 0.625. The molecule has 1 aromatic carbocycles. The summed E-state index contributed by atoms with van der Waals surface area (Å²) in [5.41, 5.74) is 4.93. The molecule has 1 unspecified atom stereocenters. The van der Waals surface area contributed by atoms with Crippen LogP contribution in [-0.4, -0.2) is 49.5 Å². The molecule has 1 saturated carbocycles. The van der Waals surface area contributed by atoms with E-state index in [9.17, 15) is 9.59 Å². The number of pyridine rings is 1. The number of carbonyl (C=O) groups is 2. The van der Waals surface area contributed by atoms with Crippen LogP contribution in [-0.2, 0) is 12.7 Å². The number of nitrogens with one attached hydrogen (secondary N) is 2. The van der Waals surface area contributed by atoms with E-state index in [0.717, 1.165) is 28.1 Å². The Morgan fingerprint density at radius 1 is 1.09 bits per heavy atom. The molecule has 5 rings (SSSR count). The van der Waals surface area contributed by atoms with E-state index in [1.807, 2.05) is 55.9 Å². The molecule has 3 aliphatic rings. The number of halogens is 1. The number of benzene rings is 1. The Balaban J connectivity index is 1.30. The van der Waals surface area contributed by atoms with Crippen LogP contribution in [0.4, 0.5) is 0 Å². The molecule has 1 aromatic heterocycles. The van der Waals surface area contributed by atoms with Crippen molar-refractivity contribution in [2.24, 2.45) is 0 Å². The average molecular weight is 587 g/mol. The molecule has 10 heteroatoms. The van der Waals surface area contributed by atoms with Crippen molar-refractivity contribution in [3.63, 3.8) is 0 Å². The number of fused-ring (bicyclic) bond motifs is 2. The highest BCUT2D eigenvalue weighted by atomic mass is 127. The van der Waals surface area contributed by atoms with Crippen molar-refractivity contribution in [1.82, 2.24) is 15.6 Å². The molecule has 2 aromatic rings. The molecule has 2 radical (unpaired) electrons. The topological polar surface area (TPSA) is 98.8 Å². The second-order valence-corrected chi connectivity index (χ2v) is 9.65. The number of carbonyl (C=O) groups excluding carboxylic acids is 2. The lowest BCUT2D eigenvalue weighted by Gasteiger charge is -2.53. The van der Waals surface area contributed by atoms with E-state index in [2.05, 4.69) is 15.6 Å². The lowest BCUT2D eigenvalue weighted by atomic mass is 9.62. The minimum atomic E-state index is -0.497. The molecule has 1 heterocycles. The fourth-order valence-corrected chi connectivity index (χ4v) is 4.99. The first-order valence-corrected chi connectivity index (χ1v) is 12.2. The normalized spacial score (nSPS) is 20.6. The van der Waals surface area contributed by atoms with Crippen LogP contribution in [0.2, 0.25) is 0 Å². The highest BCUT2D eigenvalue weighted by Crippen LogP contribution is 2.49. The van der Waals surface area contributed by atoms with Crippen LogP contribution in [0.15, 0.2) is 41.7 Å². The number of nitrogens with zero attached hydrogens (tertiary/aromatic N) is 1. The van der Waals surface area contributed by atoms with E-state index in [0.29, 0.717) is 36.2 Å². The number of hydrogen-bond donors (Lipinski definition) is 2. The third-order valence-electron chi connectivity index (χ3n) is 6.58. The summed E-state index contributed by atoms with van der Waals surface area (Å²) in [6, 6.07) is 7.20. The van der Waals surface area contributed by atoms with Gasteiger partial charge in [0, 0.05) is 17.8 Å². The molecule has 1 atom stereocenters. The van der Waals surface area contributed by atoms with Gasteiger partial charge < -0.3 is 23.2 Å². The summed E-state index contributed by atoms with van der Waals surface area (Å²) < 4.78 is 16.9. The monoisotopic (exact) mass is 587 g/mol. The molecule has 3 aliphatic carbocycles. The molecular weight excluding hydrogens is 560 g/mol. The van der Waals surface area contributed by atoms with Crippen LogP contribution in [0.1, 0.15) is 36.1 Å². The Hall–Kier alpha value is -2.60. The zero-order valence-electron chi connectivity index (χ0n) is 19.9. The molecule has 8 nitrogen and oxygen atoms in total. The number of hydrogen-bond acceptors (Lipinski definition) is 6. The smallest absolute Gasteiger partial charge is 0.262 e. The van der Waals surface area contributed by atoms with E-state index in [-0.39, 0.29) is 31.1 Å². The van der Waals surface area contributed by atoms with Crippen LogP contribution >= 0.6 is 23.0 Å². The van der Waals surface area contributed by atoms with E-state index < -0.39 is 5.54 Å². The summed E-state index contributed by atoms with van der Waals surface area (Å²) >= 11 is 1.85. The Kier molecular flexibility index (Phi) is 7.70. The maximum atomic E-state index is 12.6. The minimum Gasteiger partial charge on any atom is -0.484 e. The highest BCUT2D eigenvalue weighted by molar-refractivity contribution is 14.1. The van der Waals surface area contributed by atoms with Gasteiger partial charge in [0.2, 0.25) is 0 Å².